The van der Waals surface area contributed by atoms with E-state index >= 15 is 0 Å². The number of benzene rings is 1. The summed E-state index contributed by atoms with van der Waals surface area (Å²) < 4.78 is 50.4. The summed E-state index contributed by atoms with van der Waals surface area (Å²) in [4.78, 5) is 49.3. The second kappa shape index (κ2) is 11.8. The predicted molar refractivity (Wildman–Crippen MR) is 137 cm³/mol. The Bertz CT molecular complexity index is 1110. The molecule has 4 atom stereocenters. The molecule has 0 radical (unpaired) electrons. The normalized spacial score (nSPS) is 28.8. The lowest BCUT2D eigenvalue weighted by atomic mass is 9.78. The van der Waals surface area contributed by atoms with Gasteiger partial charge >= 0.3 is 7.82 Å². The lowest BCUT2D eigenvalue weighted by Crippen LogP contribution is -2.47. The first kappa shape index (κ1) is 28.4. The first-order valence-corrected chi connectivity index (χ1v) is 15.3. The predicted octanol–water partition coefficient (Wildman–Crippen LogP) is 2.87. The van der Waals surface area contributed by atoms with Crippen molar-refractivity contribution < 1.29 is 42.0 Å². The van der Waals surface area contributed by atoms with E-state index in [2.05, 4.69) is 14.3 Å². The number of carbonyl (C=O) groups excluding carboxylic acids is 2. The summed E-state index contributed by atoms with van der Waals surface area (Å²) in [5.41, 5.74) is 0.768. The zero-order valence-electron chi connectivity index (χ0n) is 21.8. The number of ether oxygens (including phenoxy) is 1. The molecule has 10 nitrogen and oxygen atoms in total. The van der Waals surface area contributed by atoms with Crippen molar-refractivity contribution >= 4 is 25.3 Å². The Hall–Kier alpha value is -2.11. The maximum absolute atomic E-state index is 14.5. The Kier molecular flexibility index (Phi) is 8.59. The molecular formula is C26H36F2N3O7P. The number of piperazine rings is 1. The van der Waals surface area contributed by atoms with Gasteiger partial charge in [-0.05, 0) is 63.6 Å². The van der Waals surface area contributed by atoms with Crippen molar-refractivity contribution in [3.05, 3.63) is 24.0 Å². The molecule has 2 aliphatic heterocycles. The number of halogens is 2. The zero-order valence-corrected chi connectivity index (χ0v) is 22.7. The number of carbonyl (C=O) groups is 2. The van der Waals surface area contributed by atoms with Crippen LogP contribution in [0.3, 0.4) is 0 Å². The van der Waals surface area contributed by atoms with Crippen LogP contribution in [0.15, 0.2) is 18.2 Å². The number of imide groups is 1. The number of likely N-dealkylation sites (tertiary alicyclic amines) is 1. The van der Waals surface area contributed by atoms with Crippen LogP contribution in [-0.4, -0.2) is 89.0 Å². The third-order valence-electron chi connectivity index (χ3n) is 8.38. The number of anilines is 1. The first-order chi connectivity index (χ1) is 18.6. The van der Waals surface area contributed by atoms with Crippen LogP contribution in [0, 0.1) is 17.7 Å². The average molecular weight is 572 g/mol. The molecule has 39 heavy (non-hydrogen) atoms. The van der Waals surface area contributed by atoms with Gasteiger partial charge in [0.1, 0.15) is 23.8 Å². The number of hydrogen-bond acceptors (Lipinski definition) is 7. The number of nitrogens with zero attached hydrogens (tertiary/aromatic N) is 3. The highest BCUT2D eigenvalue weighted by Crippen LogP contribution is 2.46. The molecule has 4 aliphatic rings. The Morgan fingerprint density at radius 2 is 1.64 bits per heavy atom. The molecule has 0 bridgehead atoms. The van der Waals surface area contributed by atoms with Crippen molar-refractivity contribution in [2.75, 3.05) is 44.2 Å². The molecular weight excluding hydrogens is 535 g/mol. The Morgan fingerprint density at radius 3 is 2.31 bits per heavy atom. The summed E-state index contributed by atoms with van der Waals surface area (Å²) in [6.45, 7) is 3.71. The fraction of sp³-hybridized carbons (Fsp3) is 0.692. The van der Waals surface area contributed by atoms with Crippen LogP contribution in [0.25, 0.3) is 0 Å². The highest BCUT2D eigenvalue weighted by atomic mass is 31.2. The Labute approximate surface area is 226 Å². The van der Waals surface area contributed by atoms with E-state index < -0.39 is 43.7 Å². The summed E-state index contributed by atoms with van der Waals surface area (Å²) in [7, 11) is -4.91. The maximum atomic E-state index is 14.5. The number of phosphoric acid groups is 1. The van der Waals surface area contributed by atoms with E-state index in [1.807, 2.05) is 0 Å². The average Bonchev–Trinajstić information content (AvgIpc) is 3.48. The van der Waals surface area contributed by atoms with Crippen molar-refractivity contribution in [1.29, 1.82) is 0 Å². The van der Waals surface area contributed by atoms with Crippen LogP contribution in [0.1, 0.15) is 44.9 Å². The number of rotatable bonds is 9. The number of amides is 2. The van der Waals surface area contributed by atoms with Crippen LogP contribution < -0.4 is 9.64 Å². The smallest absolute Gasteiger partial charge is 0.469 e. The van der Waals surface area contributed by atoms with E-state index in [9.17, 15) is 22.9 Å². The minimum atomic E-state index is -4.91. The quantitative estimate of drug-likeness (QED) is 0.341. The summed E-state index contributed by atoms with van der Waals surface area (Å²) in [5.74, 6) is -2.08. The molecule has 0 spiro atoms. The van der Waals surface area contributed by atoms with Crippen molar-refractivity contribution in [1.82, 2.24) is 9.80 Å². The molecule has 2 saturated carbocycles. The van der Waals surface area contributed by atoms with Gasteiger partial charge < -0.3 is 19.4 Å². The van der Waals surface area contributed by atoms with Crippen molar-refractivity contribution in [2.45, 2.75) is 63.3 Å². The van der Waals surface area contributed by atoms with Crippen LogP contribution in [0.4, 0.5) is 14.5 Å². The summed E-state index contributed by atoms with van der Waals surface area (Å²) in [5, 5.41) is 0. The fourth-order valence-electron chi connectivity index (χ4n) is 6.37. The molecule has 1 aromatic carbocycles. The van der Waals surface area contributed by atoms with Crippen LogP contribution in [0.2, 0.25) is 0 Å². The molecule has 4 fully saturated rings. The fourth-order valence-corrected chi connectivity index (χ4v) is 6.94. The molecule has 4 unspecified atom stereocenters. The van der Waals surface area contributed by atoms with Gasteiger partial charge in [0.15, 0.2) is 0 Å². The van der Waals surface area contributed by atoms with Crippen LogP contribution in [-0.2, 0) is 18.7 Å². The number of hydrogen-bond donors (Lipinski definition) is 2. The molecule has 2 amide bonds. The lowest BCUT2D eigenvalue weighted by molar-refractivity contribution is -0.140. The monoisotopic (exact) mass is 571 g/mol. The van der Waals surface area contributed by atoms with Gasteiger partial charge in [-0.15, -0.1) is 0 Å². The maximum Gasteiger partial charge on any atom is 0.469 e. The Balaban J connectivity index is 1.11. The van der Waals surface area contributed by atoms with E-state index in [0.29, 0.717) is 31.8 Å². The van der Waals surface area contributed by atoms with Gasteiger partial charge in [-0.1, -0.05) is 0 Å². The molecule has 2 heterocycles. The molecule has 5 rings (SSSR count). The van der Waals surface area contributed by atoms with Gasteiger partial charge in [-0.2, -0.15) is 0 Å². The van der Waals surface area contributed by atoms with Gasteiger partial charge in [0, 0.05) is 38.8 Å². The molecule has 1 aromatic rings. The van der Waals surface area contributed by atoms with E-state index in [4.69, 9.17) is 14.5 Å². The van der Waals surface area contributed by atoms with E-state index in [0.717, 1.165) is 49.4 Å². The van der Waals surface area contributed by atoms with Crippen molar-refractivity contribution in [2.24, 2.45) is 11.8 Å². The highest BCUT2D eigenvalue weighted by Gasteiger charge is 2.53. The number of fused-ring (bicyclic) bond motifs is 1. The summed E-state index contributed by atoms with van der Waals surface area (Å²) in [6, 6.07) is 4.67. The van der Waals surface area contributed by atoms with Gasteiger partial charge in [0.05, 0.1) is 23.6 Å². The Morgan fingerprint density at radius 1 is 0.974 bits per heavy atom. The molecule has 2 aliphatic carbocycles. The largest absolute Gasteiger partial charge is 0.488 e. The van der Waals surface area contributed by atoms with E-state index in [1.165, 1.54) is 12.1 Å². The minimum absolute atomic E-state index is 0.176. The third-order valence-corrected chi connectivity index (χ3v) is 8.92. The second-order valence-corrected chi connectivity index (χ2v) is 12.2. The topological polar surface area (TPSA) is 120 Å². The first-order valence-electron chi connectivity index (χ1n) is 13.8. The van der Waals surface area contributed by atoms with Crippen molar-refractivity contribution in [3.8, 4) is 5.75 Å². The van der Waals surface area contributed by atoms with Gasteiger partial charge in [0.2, 0.25) is 11.8 Å². The molecule has 216 valence electrons. The van der Waals surface area contributed by atoms with Gasteiger partial charge in [-0.3, -0.25) is 23.9 Å². The van der Waals surface area contributed by atoms with E-state index in [-0.39, 0.29) is 31.3 Å². The highest BCUT2D eigenvalue weighted by molar-refractivity contribution is 7.46. The van der Waals surface area contributed by atoms with Gasteiger partial charge in [-0.25, -0.2) is 13.3 Å². The van der Waals surface area contributed by atoms with E-state index in [1.54, 1.807) is 6.07 Å². The number of phosphoric ester groups is 1. The molecule has 2 N–H and O–H groups in total. The SMILES string of the molecule is O=C1C2CC(F)C(OP(=O)(O)O)CC2C(=O)N1CCCN1CCN(c2cc(F)ccc2OC2CCCC2)CC1. The summed E-state index contributed by atoms with van der Waals surface area (Å²) in [6.07, 6.45) is 1.40. The lowest BCUT2D eigenvalue weighted by Gasteiger charge is -2.37. The van der Waals surface area contributed by atoms with Crippen LogP contribution >= 0.6 is 7.82 Å². The summed E-state index contributed by atoms with van der Waals surface area (Å²) >= 11 is 0. The van der Waals surface area contributed by atoms with Gasteiger partial charge in [0.25, 0.3) is 0 Å². The van der Waals surface area contributed by atoms with Crippen molar-refractivity contribution in [3.63, 3.8) is 0 Å². The number of alkyl halides is 1. The standard InChI is InChI=1S/C26H36F2N3O7P/c27-17-6-7-23(37-18-4-1-2-5-18)22(14-17)30-12-10-29(11-13-30)8-3-9-31-25(32)19-15-21(28)24(38-39(34,35)36)16-20(19)26(31)33/h6-7,14,18-21,24H,1-5,8-13,15-16H2,(H2,34,35,36). The van der Waals surface area contributed by atoms with Crippen LogP contribution in [0.5, 0.6) is 5.75 Å². The molecule has 0 aromatic heterocycles. The second-order valence-electron chi connectivity index (χ2n) is 11.0. The molecule has 2 saturated heterocycles. The minimum Gasteiger partial charge on any atom is -0.488 e. The third kappa shape index (κ3) is 6.62. The zero-order chi connectivity index (χ0) is 27.7. The molecule has 13 heteroatoms.